The van der Waals surface area contributed by atoms with E-state index < -0.39 is 4.87 Å². The fourth-order valence-electron chi connectivity index (χ4n) is 3.33. The summed E-state index contributed by atoms with van der Waals surface area (Å²) in [5.74, 6) is 0.921. The average molecular weight is 346 g/mol. The molecule has 1 amide bonds. The Morgan fingerprint density at radius 1 is 0.920 bits per heavy atom. The van der Waals surface area contributed by atoms with Crippen LogP contribution in [0.1, 0.15) is 21.6 Å². The lowest BCUT2D eigenvalue weighted by atomic mass is 9.99. The minimum Gasteiger partial charge on any atom is -0.314 e. The van der Waals surface area contributed by atoms with Crippen LogP contribution in [0.4, 0.5) is 0 Å². The van der Waals surface area contributed by atoms with E-state index in [1.54, 1.807) is 18.0 Å². The maximum absolute atomic E-state index is 13.3. The first kappa shape index (κ1) is 15.9. The van der Waals surface area contributed by atoms with Crippen LogP contribution in [0.5, 0.6) is 0 Å². The van der Waals surface area contributed by atoms with E-state index in [1.807, 2.05) is 71.6 Å². The van der Waals surface area contributed by atoms with Gasteiger partial charge in [-0.1, -0.05) is 54.6 Å². The molecular formula is C21H18N2OS. The van der Waals surface area contributed by atoms with Crippen LogP contribution in [0, 0.1) is 0 Å². The van der Waals surface area contributed by atoms with Crippen LogP contribution in [0.15, 0.2) is 85.1 Å². The number of amides is 1. The van der Waals surface area contributed by atoms with Crippen molar-refractivity contribution in [3.8, 4) is 0 Å². The first-order chi connectivity index (χ1) is 12.3. The lowest BCUT2D eigenvalue weighted by Gasteiger charge is -2.37. The average Bonchev–Trinajstić information content (AvgIpc) is 3.15. The summed E-state index contributed by atoms with van der Waals surface area (Å²) in [4.78, 5) is 19.3. The molecule has 0 N–H and O–H groups in total. The molecule has 2 aromatic carbocycles. The molecular weight excluding hydrogens is 328 g/mol. The second kappa shape index (κ2) is 6.73. The van der Waals surface area contributed by atoms with Crippen molar-refractivity contribution in [1.29, 1.82) is 0 Å². The van der Waals surface area contributed by atoms with Crippen molar-refractivity contribution in [2.75, 3.05) is 12.3 Å². The fraction of sp³-hybridized carbons (Fsp3) is 0.143. The molecule has 124 valence electrons. The second-order valence-electron chi connectivity index (χ2n) is 5.90. The zero-order valence-electron chi connectivity index (χ0n) is 13.7. The van der Waals surface area contributed by atoms with E-state index in [9.17, 15) is 4.79 Å². The maximum Gasteiger partial charge on any atom is 0.255 e. The Morgan fingerprint density at radius 3 is 2.28 bits per heavy atom. The van der Waals surface area contributed by atoms with Crippen molar-refractivity contribution in [3.63, 3.8) is 0 Å². The molecule has 0 spiro atoms. The van der Waals surface area contributed by atoms with Gasteiger partial charge in [0.1, 0.15) is 0 Å². The number of carbonyl (C=O) groups excluding carboxylic acids is 1. The summed E-state index contributed by atoms with van der Waals surface area (Å²) in [6.07, 6.45) is 1.80. The third-order valence-corrected chi connectivity index (χ3v) is 5.92. The van der Waals surface area contributed by atoms with Crippen LogP contribution in [0.2, 0.25) is 0 Å². The number of carbonyl (C=O) groups is 1. The first-order valence-corrected chi connectivity index (χ1v) is 9.29. The summed E-state index contributed by atoms with van der Waals surface area (Å²) in [6, 6.07) is 25.6. The van der Waals surface area contributed by atoms with Crippen molar-refractivity contribution in [1.82, 2.24) is 9.88 Å². The molecule has 0 bridgehead atoms. The van der Waals surface area contributed by atoms with E-state index in [2.05, 4.69) is 17.1 Å². The lowest BCUT2D eigenvalue weighted by Crippen LogP contribution is -2.45. The number of nitrogens with zero attached hydrogens (tertiary/aromatic N) is 2. The smallest absolute Gasteiger partial charge is 0.255 e. The molecule has 1 saturated heterocycles. The summed E-state index contributed by atoms with van der Waals surface area (Å²) < 4.78 is 0. The number of rotatable bonds is 3. The molecule has 1 aliphatic heterocycles. The topological polar surface area (TPSA) is 33.2 Å². The summed E-state index contributed by atoms with van der Waals surface area (Å²) in [5.41, 5.74) is 2.69. The van der Waals surface area contributed by atoms with Crippen LogP contribution in [0.3, 0.4) is 0 Å². The van der Waals surface area contributed by atoms with Crippen LogP contribution < -0.4 is 0 Å². The monoisotopic (exact) mass is 346 g/mol. The van der Waals surface area contributed by atoms with Gasteiger partial charge in [-0.25, -0.2) is 0 Å². The molecule has 1 aromatic heterocycles. The third kappa shape index (κ3) is 2.72. The van der Waals surface area contributed by atoms with Crippen LogP contribution in [-0.4, -0.2) is 28.1 Å². The zero-order valence-corrected chi connectivity index (χ0v) is 14.5. The van der Waals surface area contributed by atoms with E-state index in [0.29, 0.717) is 12.1 Å². The van der Waals surface area contributed by atoms with Gasteiger partial charge in [-0.05, 0) is 29.8 Å². The predicted octanol–water partition coefficient (Wildman–Crippen LogP) is 4.17. The lowest BCUT2D eigenvalue weighted by molar-refractivity contribution is 0.0703. The van der Waals surface area contributed by atoms with Crippen molar-refractivity contribution in [3.05, 3.63) is 102 Å². The number of pyridine rings is 1. The minimum atomic E-state index is -0.588. The van der Waals surface area contributed by atoms with E-state index in [4.69, 9.17) is 0 Å². The first-order valence-electron chi connectivity index (χ1n) is 8.30. The molecule has 4 rings (SSSR count). The van der Waals surface area contributed by atoms with Crippen molar-refractivity contribution < 1.29 is 4.79 Å². The largest absolute Gasteiger partial charge is 0.314 e. The van der Waals surface area contributed by atoms with Crippen LogP contribution >= 0.6 is 11.8 Å². The normalized spacial score (nSPS) is 19.8. The van der Waals surface area contributed by atoms with E-state index in [-0.39, 0.29) is 5.91 Å². The van der Waals surface area contributed by atoms with Gasteiger partial charge in [0.15, 0.2) is 4.87 Å². The molecule has 3 aromatic rings. The molecule has 0 aliphatic carbocycles. The number of hydrogen-bond acceptors (Lipinski definition) is 3. The van der Waals surface area contributed by atoms with Crippen molar-refractivity contribution in [2.45, 2.75) is 4.87 Å². The van der Waals surface area contributed by atoms with Crippen molar-refractivity contribution >= 4 is 17.7 Å². The van der Waals surface area contributed by atoms with E-state index >= 15 is 0 Å². The summed E-state index contributed by atoms with van der Waals surface area (Å²) in [7, 11) is 0. The summed E-state index contributed by atoms with van der Waals surface area (Å²) in [6.45, 7) is 0.698. The molecule has 3 nitrogen and oxygen atoms in total. The molecule has 0 saturated carbocycles. The van der Waals surface area contributed by atoms with Gasteiger partial charge in [-0.15, -0.1) is 11.8 Å². The van der Waals surface area contributed by atoms with Gasteiger partial charge in [-0.3, -0.25) is 9.78 Å². The van der Waals surface area contributed by atoms with Gasteiger partial charge in [0, 0.05) is 24.1 Å². The SMILES string of the molecule is O=C(c1ccccc1)N1CCSC1(c1ccccc1)c1ccccn1. The highest BCUT2D eigenvalue weighted by molar-refractivity contribution is 8.00. The summed E-state index contributed by atoms with van der Waals surface area (Å²) >= 11 is 1.77. The molecule has 2 heterocycles. The molecule has 25 heavy (non-hydrogen) atoms. The molecule has 1 unspecified atom stereocenters. The fourth-order valence-corrected chi connectivity index (χ4v) is 4.80. The Kier molecular flexibility index (Phi) is 4.28. The third-order valence-electron chi connectivity index (χ3n) is 4.45. The van der Waals surface area contributed by atoms with Gasteiger partial charge in [0.2, 0.25) is 0 Å². The zero-order chi connectivity index (χ0) is 17.1. The Labute approximate surface area is 151 Å². The highest BCUT2D eigenvalue weighted by atomic mass is 32.2. The predicted molar refractivity (Wildman–Crippen MR) is 101 cm³/mol. The Hall–Kier alpha value is -2.59. The Bertz CT molecular complexity index is 813. The second-order valence-corrected chi connectivity index (χ2v) is 7.18. The molecule has 1 fully saturated rings. The number of benzene rings is 2. The standard InChI is InChI=1S/C21H18N2OS/c24-20(17-9-3-1-4-10-17)23-15-16-25-21(23,18-11-5-2-6-12-18)19-13-7-8-14-22-19/h1-14H,15-16H2. The van der Waals surface area contributed by atoms with Gasteiger partial charge >= 0.3 is 0 Å². The molecule has 0 radical (unpaired) electrons. The Morgan fingerprint density at radius 2 is 1.60 bits per heavy atom. The highest BCUT2D eigenvalue weighted by Crippen LogP contribution is 2.49. The highest BCUT2D eigenvalue weighted by Gasteiger charge is 2.48. The van der Waals surface area contributed by atoms with E-state index in [0.717, 1.165) is 17.0 Å². The molecule has 4 heteroatoms. The number of hydrogen-bond donors (Lipinski definition) is 0. The number of thioether (sulfide) groups is 1. The van der Waals surface area contributed by atoms with E-state index in [1.165, 1.54) is 0 Å². The van der Waals surface area contributed by atoms with Crippen molar-refractivity contribution in [2.24, 2.45) is 0 Å². The van der Waals surface area contributed by atoms with Gasteiger partial charge in [0.05, 0.1) is 5.69 Å². The van der Waals surface area contributed by atoms with Gasteiger partial charge in [0.25, 0.3) is 5.91 Å². The summed E-state index contributed by atoms with van der Waals surface area (Å²) in [5, 5.41) is 0. The minimum absolute atomic E-state index is 0.0418. The van der Waals surface area contributed by atoms with Gasteiger partial charge < -0.3 is 4.90 Å². The number of aromatic nitrogens is 1. The van der Waals surface area contributed by atoms with Crippen LogP contribution in [0.25, 0.3) is 0 Å². The van der Waals surface area contributed by atoms with Gasteiger partial charge in [-0.2, -0.15) is 0 Å². The molecule has 1 aliphatic rings. The van der Waals surface area contributed by atoms with Crippen LogP contribution in [-0.2, 0) is 4.87 Å². The Balaban J connectivity index is 1.87. The quantitative estimate of drug-likeness (QED) is 0.713. The maximum atomic E-state index is 13.3. The molecule has 1 atom stereocenters.